The molecule has 0 radical (unpaired) electrons. The molecule has 0 atom stereocenters. The van der Waals surface area contributed by atoms with Crippen LogP contribution in [-0.2, 0) is 0 Å². The SMILES string of the molecule is CCCNc1nc(-c2cnc(C(C)C)s2)cs1. The average molecular weight is 267 g/mol. The standard InChI is InChI=1S/C12H17N3S2/c1-4-5-13-12-15-9(7-16-12)10-6-14-11(17-10)8(2)3/h6-8H,4-5H2,1-3H3,(H,13,15). The Labute approximate surface area is 110 Å². The molecule has 0 aliphatic rings. The Morgan fingerprint density at radius 3 is 2.88 bits per heavy atom. The summed E-state index contributed by atoms with van der Waals surface area (Å²) >= 11 is 3.40. The first-order chi connectivity index (χ1) is 8.20. The molecule has 0 saturated carbocycles. The molecule has 2 aromatic heterocycles. The lowest BCUT2D eigenvalue weighted by Gasteiger charge is -1.97. The average Bonchev–Trinajstić information content (AvgIpc) is 2.94. The Kier molecular flexibility index (Phi) is 4.12. The van der Waals surface area contributed by atoms with Crippen molar-refractivity contribution in [1.29, 1.82) is 0 Å². The Morgan fingerprint density at radius 2 is 2.24 bits per heavy atom. The van der Waals surface area contributed by atoms with Crippen LogP contribution in [0.25, 0.3) is 10.6 Å². The monoisotopic (exact) mass is 267 g/mol. The van der Waals surface area contributed by atoms with Crippen molar-refractivity contribution in [3.05, 3.63) is 16.6 Å². The van der Waals surface area contributed by atoms with Crippen molar-refractivity contribution < 1.29 is 0 Å². The summed E-state index contributed by atoms with van der Waals surface area (Å²) in [6.45, 7) is 7.46. The third-order valence-electron chi connectivity index (χ3n) is 2.30. The Balaban J connectivity index is 2.13. The molecule has 0 aliphatic carbocycles. The molecule has 1 N–H and O–H groups in total. The quantitative estimate of drug-likeness (QED) is 0.881. The topological polar surface area (TPSA) is 37.8 Å². The van der Waals surface area contributed by atoms with Crippen LogP contribution in [0.15, 0.2) is 11.6 Å². The second-order valence-corrected chi connectivity index (χ2v) is 6.10. The molecule has 17 heavy (non-hydrogen) atoms. The molecule has 3 nitrogen and oxygen atoms in total. The lowest BCUT2D eigenvalue weighted by molar-refractivity contribution is 0.852. The zero-order valence-electron chi connectivity index (χ0n) is 10.4. The van der Waals surface area contributed by atoms with Crippen molar-refractivity contribution in [2.24, 2.45) is 0 Å². The Bertz CT molecular complexity index is 474. The van der Waals surface area contributed by atoms with E-state index in [1.54, 1.807) is 22.7 Å². The van der Waals surface area contributed by atoms with E-state index in [1.807, 2.05) is 6.20 Å². The van der Waals surface area contributed by atoms with Gasteiger partial charge in [0, 0.05) is 24.0 Å². The smallest absolute Gasteiger partial charge is 0.183 e. The molecule has 0 fully saturated rings. The van der Waals surface area contributed by atoms with Gasteiger partial charge in [-0.25, -0.2) is 9.97 Å². The number of hydrogen-bond donors (Lipinski definition) is 1. The molecule has 2 aromatic rings. The molecule has 0 unspecified atom stereocenters. The van der Waals surface area contributed by atoms with Crippen LogP contribution in [0.5, 0.6) is 0 Å². The van der Waals surface area contributed by atoms with Crippen LogP contribution in [0.2, 0.25) is 0 Å². The summed E-state index contributed by atoms with van der Waals surface area (Å²) in [7, 11) is 0. The van der Waals surface area contributed by atoms with Crippen LogP contribution < -0.4 is 5.32 Å². The third-order valence-corrected chi connectivity index (χ3v) is 4.42. The van der Waals surface area contributed by atoms with E-state index in [1.165, 1.54) is 5.01 Å². The molecule has 0 aromatic carbocycles. The summed E-state index contributed by atoms with van der Waals surface area (Å²) in [5.41, 5.74) is 1.04. The van der Waals surface area contributed by atoms with E-state index in [4.69, 9.17) is 0 Å². The van der Waals surface area contributed by atoms with Crippen LogP contribution in [0.3, 0.4) is 0 Å². The first-order valence-corrected chi connectivity index (χ1v) is 7.55. The summed E-state index contributed by atoms with van der Waals surface area (Å²) in [6.07, 6.45) is 3.05. The number of aromatic nitrogens is 2. The highest BCUT2D eigenvalue weighted by Crippen LogP contribution is 2.31. The van der Waals surface area contributed by atoms with Crippen molar-refractivity contribution in [2.45, 2.75) is 33.1 Å². The van der Waals surface area contributed by atoms with E-state index < -0.39 is 0 Å². The van der Waals surface area contributed by atoms with Crippen molar-refractivity contribution in [2.75, 3.05) is 11.9 Å². The van der Waals surface area contributed by atoms with Gasteiger partial charge in [0.1, 0.15) is 0 Å². The van der Waals surface area contributed by atoms with Crippen LogP contribution in [0.4, 0.5) is 5.13 Å². The molecule has 0 bridgehead atoms. The zero-order chi connectivity index (χ0) is 12.3. The highest BCUT2D eigenvalue weighted by atomic mass is 32.1. The lowest BCUT2D eigenvalue weighted by Crippen LogP contribution is -1.98. The van der Waals surface area contributed by atoms with Gasteiger partial charge in [0.05, 0.1) is 15.6 Å². The van der Waals surface area contributed by atoms with Crippen LogP contribution in [0, 0.1) is 0 Å². The highest BCUT2D eigenvalue weighted by molar-refractivity contribution is 7.16. The van der Waals surface area contributed by atoms with Gasteiger partial charge in [-0.3, -0.25) is 0 Å². The minimum atomic E-state index is 0.491. The molecule has 2 rings (SSSR count). The summed E-state index contributed by atoms with van der Waals surface area (Å²) < 4.78 is 0. The van der Waals surface area contributed by atoms with Crippen LogP contribution in [0.1, 0.15) is 38.1 Å². The van der Waals surface area contributed by atoms with Crippen LogP contribution >= 0.6 is 22.7 Å². The second kappa shape index (κ2) is 5.60. The summed E-state index contributed by atoms with van der Waals surface area (Å²) in [5, 5.41) is 7.58. The molecule has 0 spiro atoms. The minimum absolute atomic E-state index is 0.491. The predicted octanol–water partition coefficient (Wildman–Crippen LogP) is 4.21. The van der Waals surface area contributed by atoms with Gasteiger partial charge in [-0.05, 0) is 6.42 Å². The Morgan fingerprint density at radius 1 is 1.41 bits per heavy atom. The van der Waals surface area contributed by atoms with E-state index in [2.05, 4.69) is 41.4 Å². The van der Waals surface area contributed by atoms with Crippen molar-refractivity contribution in [1.82, 2.24) is 9.97 Å². The molecule has 0 aliphatic heterocycles. The first kappa shape index (κ1) is 12.5. The maximum absolute atomic E-state index is 4.57. The maximum Gasteiger partial charge on any atom is 0.183 e. The van der Waals surface area contributed by atoms with Gasteiger partial charge in [-0.2, -0.15) is 0 Å². The third kappa shape index (κ3) is 3.04. The van der Waals surface area contributed by atoms with E-state index in [0.717, 1.165) is 28.7 Å². The second-order valence-electron chi connectivity index (χ2n) is 4.18. The summed E-state index contributed by atoms with van der Waals surface area (Å²) in [5.74, 6) is 0.491. The number of nitrogens with zero attached hydrogens (tertiary/aromatic N) is 2. The minimum Gasteiger partial charge on any atom is -0.362 e. The number of hydrogen-bond acceptors (Lipinski definition) is 5. The maximum atomic E-state index is 4.57. The van der Waals surface area contributed by atoms with E-state index in [-0.39, 0.29) is 0 Å². The number of rotatable bonds is 5. The van der Waals surface area contributed by atoms with Gasteiger partial charge < -0.3 is 5.32 Å². The molecular formula is C12H17N3S2. The fourth-order valence-corrected chi connectivity index (χ4v) is 3.07. The van der Waals surface area contributed by atoms with Crippen molar-refractivity contribution in [3.8, 4) is 10.6 Å². The normalized spacial score (nSPS) is 11.1. The van der Waals surface area contributed by atoms with Crippen molar-refractivity contribution >= 4 is 27.8 Å². The predicted molar refractivity (Wildman–Crippen MR) is 76.1 cm³/mol. The lowest BCUT2D eigenvalue weighted by atomic mass is 10.2. The van der Waals surface area contributed by atoms with Gasteiger partial charge in [0.15, 0.2) is 5.13 Å². The highest BCUT2D eigenvalue weighted by Gasteiger charge is 2.10. The first-order valence-electron chi connectivity index (χ1n) is 5.86. The summed E-state index contributed by atoms with van der Waals surface area (Å²) in [4.78, 5) is 10.2. The zero-order valence-corrected chi connectivity index (χ0v) is 12.0. The number of anilines is 1. The molecule has 92 valence electrons. The molecule has 0 amide bonds. The Hall–Kier alpha value is -0.940. The largest absolute Gasteiger partial charge is 0.362 e. The number of thiazole rings is 2. The van der Waals surface area contributed by atoms with Gasteiger partial charge in [-0.1, -0.05) is 20.8 Å². The van der Waals surface area contributed by atoms with Crippen molar-refractivity contribution in [3.63, 3.8) is 0 Å². The molecule has 5 heteroatoms. The fraction of sp³-hybridized carbons (Fsp3) is 0.500. The molecule has 2 heterocycles. The van der Waals surface area contributed by atoms with E-state index >= 15 is 0 Å². The van der Waals surface area contributed by atoms with Gasteiger partial charge >= 0.3 is 0 Å². The van der Waals surface area contributed by atoms with Gasteiger partial charge in [0.2, 0.25) is 0 Å². The van der Waals surface area contributed by atoms with Gasteiger partial charge in [0.25, 0.3) is 0 Å². The molecule has 0 saturated heterocycles. The summed E-state index contributed by atoms with van der Waals surface area (Å²) in [6, 6.07) is 0. The van der Waals surface area contributed by atoms with E-state index in [9.17, 15) is 0 Å². The molecular weight excluding hydrogens is 250 g/mol. The number of nitrogens with one attached hydrogen (secondary N) is 1. The van der Waals surface area contributed by atoms with Crippen LogP contribution in [-0.4, -0.2) is 16.5 Å². The van der Waals surface area contributed by atoms with E-state index in [0.29, 0.717) is 5.92 Å². The fourth-order valence-electron chi connectivity index (χ4n) is 1.37. The van der Waals surface area contributed by atoms with Gasteiger partial charge in [-0.15, -0.1) is 22.7 Å².